The van der Waals surface area contributed by atoms with Gasteiger partial charge in [-0.1, -0.05) is 24.3 Å². The summed E-state index contributed by atoms with van der Waals surface area (Å²) in [5, 5.41) is 11.4. The van der Waals surface area contributed by atoms with Gasteiger partial charge in [0.15, 0.2) is 6.61 Å². The van der Waals surface area contributed by atoms with Gasteiger partial charge in [-0.15, -0.1) is 11.8 Å². The molecule has 2 aromatic carbocycles. The minimum atomic E-state index is -0.488. The molecule has 0 heterocycles. The zero-order valence-electron chi connectivity index (χ0n) is 14.2. The number of amides is 1. The minimum Gasteiger partial charge on any atom is -0.497 e. The molecule has 26 heavy (non-hydrogen) atoms. The number of benzene rings is 2. The average molecular weight is 370 g/mol. The lowest BCUT2D eigenvalue weighted by atomic mass is 10.1. The summed E-state index contributed by atoms with van der Waals surface area (Å²) in [6, 6.07) is 16.2. The van der Waals surface area contributed by atoms with Gasteiger partial charge in [0.05, 0.1) is 31.0 Å². The monoisotopic (exact) mass is 370 g/mol. The fourth-order valence-corrected chi connectivity index (χ4v) is 2.77. The Bertz CT molecular complexity index is 800. The lowest BCUT2D eigenvalue weighted by Crippen LogP contribution is -2.21. The molecular weight excluding hydrogens is 352 g/mol. The van der Waals surface area contributed by atoms with Crippen molar-refractivity contribution in [3.8, 4) is 11.8 Å². The molecule has 0 unspecified atom stereocenters. The first kappa shape index (κ1) is 19.3. The maximum Gasteiger partial charge on any atom is 0.310 e. The van der Waals surface area contributed by atoms with Crippen molar-refractivity contribution in [1.29, 1.82) is 5.26 Å². The van der Waals surface area contributed by atoms with E-state index in [1.54, 1.807) is 43.5 Å². The fraction of sp³-hybridized carbons (Fsp3) is 0.211. The van der Waals surface area contributed by atoms with Crippen molar-refractivity contribution in [2.75, 3.05) is 24.8 Å². The number of methoxy groups -OCH3 is 1. The van der Waals surface area contributed by atoms with Crippen molar-refractivity contribution in [3.63, 3.8) is 0 Å². The van der Waals surface area contributed by atoms with Crippen molar-refractivity contribution in [3.05, 3.63) is 54.1 Å². The van der Waals surface area contributed by atoms with Gasteiger partial charge in [0.25, 0.3) is 5.91 Å². The predicted molar refractivity (Wildman–Crippen MR) is 99.1 cm³/mol. The molecule has 0 saturated carbocycles. The Balaban J connectivity index is 1.82. The van der Waals surface area contributed by atoms with Crippen LogP contribution < -0.4 is 10.1 Å². The molecule has 0 radical (unpaired) electrons. The van der Waals surface area contributed by atoms with Gasteiger partial charge in [0, 0.05) is 4.90 Å². The zero-order chi connectivity index (χ0) is 18.8. The minimum absolute atomic E-state index is 0.0753. The number of hydrogen-bond donors (Lipinski definition) is 1. The number of para-hydroxylation sites is 1. The molecule has 6 nitrogen and oxygen atoms in total. The van der Waals surface area contributed by atoms with Crippen LogP contribution in [0, 0.1) is 11.3 Å². The highest BCUT2D eigenvalue weighted by Gasteiger charge is 2.11. The Morgan fingerprint density at radius 1 is 1.15 bits per heavy atom. The van der Waals surface area contributed by atoms with E-state index < -0.39 is 11.9 Å². The number of ether oxygens (including phenoxy) is 2. The van der Waals surface area contributed by atoms with E-state index in [-0.39, 0.29) is 18.8 Å². The first-order valence-electron chi connectivity index (χ1n) is 7.79. The number of thioether (sulfide) groups is 1. The van der Waals surface area contributed by atoms with E-state index in [0.717, 1.165) is 10.5 Å². The molecule has 0 aromatic heterocycles. The van der Waals surface area contributed by atoms with Crippen molar-refractivity contribution in [2.24, 2.45) is 0 Å². The van der Waals surface area contributed by atoms with Crippen LogP contribution in [0.25, 0.3) is 0 Å². The summed E-state index contributed by atoms with van der Waals surface area (Å²) in [5.74, 6) is 0.0639. The summed E-state index contributed by atoms with van der Waals surface area (Å²) >= 11 is 1.32. The molecule has 0 aliphatic rings. The number of anilines is 1. The number of hydrogen-bond acceptors (Lipinski definition) is 6. The Morgan fingerprint density at radius 2 is 1.88 bits per heavy atom. The third-order valence-corrected chi connectivity index (χ3v) is 4.27. The number of nitriles is 1. The van der Waals surface area contributed by atoms with Crippen molar-refractivity contribution < 1.29 is 19.1 Å². The number of nitrogens with zero attached hydrogens (tertiary/aromatic N) is 1. The first-order chi connectivity index (χ1) is 12.6. The van der Waals surface area contributed by atoms with E-state index in [2.05, 4.69) is 5.32 Å². The van der Waals surface area contributed by atoms with Crippen LogP contribution in [0.4, 0.5) is 5.69 Å². The van der Waals surface area contributed by atoms with Crippen LogP contribution in [0.1, 0.15) is 5.56 Å². The Kier molecular flexibility index (Phi) is 7.52. The van der Waals surface area contributed by atoms with E-state index in [9.17, 15) is 9.59 Å². The van der Waals surface area contributed by atoms with E-state index in [4.69, 9.17) is 14.7 Å². The summed E-state index contributed by atoms with van der Waals surface area (Å²) < 4.78 is 10.1. The molecule has 7 heteroatoms. The normalized spacial score (nSPS) is 9.85. The quantitative estimate of drug-likeness (QED) is 0.568. The third kappa shape index (κ3) is 6.15. The van der Waals surface area contributed by atoms with Gasteiger partial charge in [0.1, 0.15) is 5.75 Å². The van der Waals surface area contributed by atoms with E-state index >= 15 is 0 Å². The summed E-state index contributed by atoms with van der Waals surface area (Å²) in [6.07, 6.45) is 0.0753. The Morgan fingerprint density at radius 3 is 2.58 bits per heavy atom. The number of carbonyl (C=O) groups is 2. The van der Waals surface area contributed by atoms with E-state index in [0.29, 0.717) is 11.4 Å². The van der Waals surface area contributed by atoms with Crippen LogP contribution in [0.5, 0.6) is 5.75 Å². The van der Waals surface area contributed by atoms with Gasteiger partial charge in [-0.25, -0.2) is 0 Å². The highest BCUT2D eigenvalue weighted by Crippen LogP contribution is 2.26. The summed E-state index contributed by atoms with van der Waals surface area (Å²) in [6.45, 7) is -0.369. The highest BCUT2D eigenvalue weighted by molar-refractivity contribution is 7.99. The molecule has 2 aromatic rings. The van der Waals surface area contributed by atoms with Gasteiger partial charge < -0.3 is 14.8 Å². The summed E-state index contributed by atoms with van der Waals surface area (Å²) in [5.41, 5.74) is 1.36. The van der Waals surface area contributed by atoms with Gasteiger partial charge in [-0.05, 0) is 29.8 Å². The molecule has 0 atom stereocenters. The lowest BCUT2D eigenvalue weighted by Gasteiger charge is -2.10. The molecule has 0 aliphatic heterocycles. The molecule has 0 spiro atoms. The maximum atomic E-state index is 12.0. The highest BCUT2D eigenvalue weighted by atomic mass is 32.2. The average Bonchev–Trinajstić information content (AvgIpc) is 2.66. The van der Waals surface area contributed by atoms with Crippen molar-refractivity contribution >= 4 is 29.3 Å². The Labute approximate surface area is 156 Å². The van der Waals surface area contributed by atoms with Gasteiger partial charge in [0.2, 0.25) is 0 Å². The lowest BCUT2D eigenvalue weighted by molar-refractivity contribution is -0.146. The van der Waals surface area contributed by atoms with Gasteiger partial charge in [-0.3, -0.25) is 9.59 Å². The molecule has 0 saturated heterocycles. The number of nitrogens with one attached hydrogen (secondary N) is 1. The largest absolute Gasteiger partial charge is 0.497 e. The van der Waals surface area contributed by atoms with Gasteiger partial charge in [-0.2, -0.15) is 5.26 Å². The van der Waals surface area contributed by atoms with Crippen LogP contribution >= 0.6 is 11.8 Å². The van der Waals surface area contributed by atoms with Crippen molar-refractivity contribution in [2.45, 2.75) is 11.3 Å². The third-order valence-electron chi connectivity index (χ3n) is 3.33. The molecule has 2 rings (SSSR count). The molecule has 1 N–H and O–H groups in total. The van der Waals surface area contributed by atoms with E-state index in [1.807, 2.05) is 18.2 Å². The maximum absolute atomic E-state index is 12.0. The van der Waals surface area contributed by atoms with Crippen LogP contribution in [0.3, 0.4) is 0 Å². The Hall–Kier alpha value is -2.98. The predicted octanol–water partition coefficient (Wildman–Crippen LogP) is 3.04. The van der Waals surface area contributed by atoms with Gasteiger partial charge >= 0.3 is 5.97 Å². The fourth-order valence-electron chi connectivity index (χ4n) is 2.10. The number of carbonyl (C=O) groups excluding carboxylic acids is 2. The molecule has 0 fully saturated rings. The number of rotatable bonds is 8. The van der Waals surface area contributed by atoms with E-state index in [1.165, 1.54) is 11.8 Å². The second kappa shape index (κ2) is 10.1. The van der Waals surface area contributed by atoms with Crippen molar-refractivity contribution in [1.82, 2.24) is 0 Å². The van der Waals surface area contributed by atoms with Crippen LogP contribution in [-0.2, 0) is 20.7 Å². The second-order valence-corrected chi connectivity index (χ2v) is 6.19. The molecule has 134 valence electrons. The molecular formula is C19H18N2O4S. The zero-order valence-corrected chi connectivity index (χ0v) is 15.0. The van der Waals surface area contributed by atoms with Crippen LogP contribution in [0.2, 0.25) is 0 Å². The SMILES string of the molecule is COc1ccc(CC(=O)OCC(=O)Nc2ccccc2SCC#N)cc1. The second-order valence-electron chi connectivity index (χ2n) is 5.18. The topological polar surface area (TPSA) is 88.4 Å². The summed E-state index contributed by atoms with van der Waals surface area (Å²) in [4.78, 5) is 24.6. The molecule has 1 amide bonds. The van der Waals surface area contributed by atoms with Crippen LogP contribution in [0.15, 0.2) is 53.4 Å². The molecule has 0 aliphatic carbocycles. The smallest absolute Gasteiger partial charge is 0.310 e. The molecule has 0 bridgehead atoms. The standard InChI is InChI=1S/C19H18N2O4S/c1-24-15-8-6-14(7-9-15)12-19(23)25-13-18(22)21-16-4-2-3-5-17(16)26-11-10-20/h2-9H,11-13H2,1H3,(H,21,22). The number of esters is 1. The van der Waals surface area contributed by atoms with Crippen LogP contribution in [-0.4, -0.2) is 31.3 Å². The summed E-state index contributed by atoms with van der Waals surface area (Å²) in [7, 11) is 1.57. The first-order valence-corrected chi connectivity index (χ1v) is 8.78.